The van der Waals surface area contributed by atoms with Crippen molar-refractivity contribution in [2.45, 2.75) is 45.4 Å². The van der Waals surface area contributed by atoms with E-state index in [9.17, 15) is 14.0 Å². The Balaban J connectivity index is 1.47. The summed E-state index contributed by atoms with van der Waals surface area (Å²) < 4.78 is 25.1. The Morgan fingerprint density at radius 1 is 1.23 bits per heavy atom. The zero-order valence-electron chi connectivity index (χ0n) is 18.3. The second-order valence-corrected chi connectivity index (χ2v) is 8.20. The van der Waals surface area contributed by atoms with Gasteiger partial charge < -0.3 is 20.1 Å². The molecule has 7 heteroatoms. The van der Waals surface area contributed by atoms with Crippen molar-refractivity contribution in [1.82, 2.24) is 10.6 Å². The lowest BCUT2D eigenvalue weighted by atomic mass is 9.86. The molecule has 0 saturated carbocycles. The highest BCUT2D eigenvalue weighted by Crippen LogP contribution is 2.32. The van der Waals surface area contributed by atoms with Gasteiger partial charge >= 0.3 is 5.97 Å². The number of carbonyl (C=O) groups is 2. The van der Waals surface area contributed by atoms with Gasteiger partial charge in [-0.25, -0.2) is 4.39 Å². The smallest absolute Gasteiger partial charge is 0.307 e. The molecule has 0 bridgehead atoms. The minimum absolute atomic E-state index is 0.0487. The number of piperidine rings is 1. The van der Waals surface area contributed by atoms with Crippen LogP contribution >= 0.6 is 0 Å². The maximum absolute atomic E-state index is 14.6. The Morgan fingerprint density at radius 3 is 2.71 bits per heavy atom. The van der Waals surface area contributed by atoms with Gasteiger partial charge in [0.05, 0.1) is 19.6 Å². The van der Waals surface area contributed by atoms with Crippen molar-refractivity contribution in [2.24, 2.45) is 11.8 Å². The van der Waals surface area contributed by atoms with E-state index in [1.165, 1.54) is 6.07 Å². The maximum atomic E-state index is 14.6. The van der Waals surface area contributed by atoms with Crippen LogP contribution in [0, 0.1) is 17.7 Å². The number of hydrogen-bond donors (Lipinski definition) is 2. The fraction of sp³-hybridized carbons (Fsp3) is 0.583. The van der Waals surface area contributed by atoms with Gasteiger partial charge in [-0.15, -0.1) is 0 Å². The summed E-state index contributed by atoms with van der Waals surface area (Å²) in [5.41, 5.74) is 1.90. The van der Waals surface area contributed by atoms with Gasteiger partial charge in [0.25, 0.3) is 0 Å². The molecule has 0 radical (unpaired) electrons. The molecule has 170 valence electrons. The molecule has 0 spiro atoms. The number of halogens is 1. The molecule has 1 heterocycles. The molecule has 1 amide bonds. The average Bonchev–Trinajstić information content (AvgIpc) is 2.79. The van der Waals surface area contributed by atoms with Crippen LogP contribution in [0.3, 0.4) is 0 Å². The van der Waals surface area contributed by atoms with Gasteiger partial charge in [-0.05, 0) is 81.3 Å². The van der Waals surface area contributed by atoms with E-state index in [0.29, 0.717) is 44.1 Å². The van der Waals surface area contributed by atoms with Gasteiger partial charge in [-0.1, -0.05) is 12.1 Å². The summed E-state index contributed by atoms with van der Waals surface area (Å²) in [6.07, 6.45) is 6.34. The number of carbonyl (C=O) groups excluding carboxylic acids is 2. The van der Waals surface area contributed by atoms with Gasteiger partial charge in [-0.2, -0.15) is 0 Å². The van der Waals surface area contributed by atoms with E-state index in [1.807, 2.05) is 12.1 Å². The van der Waals surface area contributed by atoms with Crippen LogP contribution in [0.25, 0.3) is 5.57 Å². The van der Waals surface area contributed by atoms with E-state index < -0.39 is 0 Å². The third kappa shape index (κ3) is 7.06. The number of hydrogen-bond acceptors (Lipinski definition) is 5. The summed E-state index contributed by atoms with van der Waals surface area (Å²) in [4.78, 5) is 23.7. The highest BCUT2D eigenvalue weighted by Gasteiger charge is 2.23. The third-order valence-electron chi connectivity index (χ3n) is 5.95. The fourth-order valence-corrected chi connectivity index (χ4v) is 4.07. The van der Waals surface area contributed by atoms with Crippen molar-refractivity contribution in [1.29, 1.82) is 0 Å². The normalized spacial score (nSPS) is 19.4. The molecule has 2 N–H and O–H groups in total. The van der Waals surface area contributed by atoms with Crippen molar-refractivity contribution in [3.63, 3.8) is 0 Å². The second kappa shape index (κ2) is 11.8. The molecular formula is C24H33FN2O4. The Labute approximate surface area is 183 Å². The molecule has 1 aromatic rings. The number of allylic oxidation sites excluding steroid dienone is 2. The molecule has 1 fully saturated rings. The predicted molar refractivity (Wildman–Crippen MR) is 117 cm³/mol. The first kappa shape index (κ1) is 23.3. The SMILES string of the molecule is CCOC(=O)CCNC(=O)C1CC=C(c2ccc(OCC3CCNCC3)c(F)c2)CC1. The lowest BCUT2D eigenvalue weighted by Crippen LogP contribution is -2.33. The second-order valence-electron chi connectivity index (χ2n) is 8.20. The lowest BCUT2D eigenvalue weighted by Gasteiger charge is -2.23. The molecule has 1 aliphatic carbocycles. The van der Waals surface area contributed by atoms with Gasteiger partial charge in [0.15, 0.2) is 11.6 Å². The van der Waals surface area contributed by atoms with Crippen LogP contribution in [0.5, 0.6) is 5.75 Å². The fourth-order valence-electron chi connectivity index (χ4n) is 4.07. The first-order chi connectivity index (χ1) is 15.1. The van der Waals surface area contributed by atoms with E-state index in [2.05, 4.69) is 10.6 Å². The van der Waals surface area contributed by atoms with E-state index in [4.69, 9.17) is 9.47 Å². The summed E-state index contributed by atoms with van der Waals surface area (Å²) >= 11 is 0. The highest BCUT2D eigenvalue weighted by atomic mass is 19.1. The van der Waals surface area contributed by atoms with Crippen molar-refractivity contribution < 1.29 is 23.5 Å². The van der Waals surface area contributed by atoms with E-state index in [0.717, 1.165) is 37.1 Å². The van der Waals surface area contributed by atoms with E-state index in [1.54, 1.807) is 13.0 Å². The largest absolute Gasteiger partial charge is 0.490 e. The van der Waals surface area contributed by atoms with E-state index in [-0.39, 0.29) is 36.6 Å². The minimum atomic E-state index is -0.342. The Bertz CT molecular complexity index is 790. The molecular weight excluding hydrogens is 399 g/mol. The number of esters is 1. The summed E-state index contributed by atoms with van der Waals surface area (Å²) in [7, 11) is 0. The molecule has 6 nitrogen and oxygen atoms in total. The third-order valence-corrected chi connectivity index (χ3v) is 5.95. The number of ether oxygens (including phenoxy) is 2. The molecule has 1 unspecified atom stereocenters. The zero-order valence-corrected chi connectivity index (χ0v) is 18.3. The first-order valence-corrected chi connectivity index (χ1v) is 11.3. The van der Waals surface area contributed by atoms with Gasteiger partial charge in [0.2, 0.25) is 5.91 Å². The van der Waals surface area contributed by atoms with Crippen molar-refractivity contribution in [3.05, 3.63) is 35.7 Å². The maximum Gasteiger partial charge on any atom is 0.307 e. The first-order valence-electron chi connectivity index (χ1n) is 11.3. The molecule has 1 atom stereocenters. The predicted octanol–water partition coefficient (Wildman–Crippen LogP) is 3.46. The van der Waals surface area contributed by atoms with Crippen molar-refractivity contribution in [2.75, 3.05) is 32.8 Å². The Hall–Kier alpha value is -2.41. The molecule has 3 rings (SSSR count). The quantitative estimate of drug-likeness (QED) is 0.585. The van der Waals surface area contributed by atoms with Crippen molar-refractivity contribution in [3.8, 4) is 5.75 Å². The van der Waals surface area contributed by atoms with Crippen LogP contribution in [0.2, 0.25) is 0 Å². The molecule has 31 heavy (non-hydrogen) atoms. The standard InChI is InChI=1S/C24H33FN2O4/c1-2-30-23(28)11-14-27-24(29)19-5-3-18(4-6-19)20-7-8-22(21(25)15-20)31-16-17-9-12-26-13-10-17/h3,7-8,15,17,19,26H,2,4-6,9-14,16H2,1H3,(H,27,29). The summed E-state index contributed by atoms with van der Waals surface area (Å²) in [6, 6.07) is 5.14. The van der Waals surface area contributed by atoms with Crippen LogP contribution in [0.15, 0.2) is 24.3 Å². The Kier molecular flexibility index (Phi) is 8.88. The highest BCUT2D eigenvalue weighted by molar-refractivity contribution is 5.81. The summed E-state index contributed by atoms with van der Waals surface area (Å²) in [6.45, 7) is 4.92. The molecule has 1 aromatic carbocycles. The zero-order chi connectivity index (χ0) is 22.1. The molecule has 1 saturated heterocycles. The monoisotopic (exact) mass is 432 g/mol. The van der Waals surface area contributed by atoms with Crippen LogP contribution in [0.1, 0.15) is 51.0 Å². The number of amides is 1. The number of rotatable bonds is 9. The number of nitrogens with one attached hydrogen (secondary N) is 2. The topological polar surface area (TPSA) is 76.7 Å². The van der Waals surface area contributed by atoms with Gasteiger partial charge in [0, 0.05) is 12.5 Å². The van der Waals surface area contributed by atoms with Crippen LogP contribution in [-0.4, -0.2) is 44.7 Å². The average molecular weight is 433 g/mol. The van der Waals surface area contributed by atoms with Crippen molar-refractivity contribution >= 4 is 17.4 Å². The van der Waals surface area contributed by atoms with Crippen LogP contribution in [-0.2, 0) is 14.3 Å². The molecule has 2 aliphatic rings. The van der Waals surface area contributed by atoms with Gasteiger partial charge in [0.1, 0.15) is 0 Å². The van der Waals surface area contributed by atoms with E-state index >= 15 is 0 Å². The lowest BCUT2D eigenvalue weighted by molar-refractivity contribution is -0.143. The molecule has 1 aliphatic heterocycles. The summed E-state index contributed by atoms with van der Waals surface area (Å²) in [5.74, 6) is -0.0416. The number of benzene rings is 1. The Morgan fingerprint density at radius 2 is 2.03 bits per heavy atom. The summed E-state index contributed by atoms with van der Waals surface area (Å²) in [5, 5.41) is 6.12. The minimum Gasteiger partial charge on any atom is -0.490 e. The van der Waals surface area contributed by atoms with Crippen LogP contribution < -0.4 is 15.4 Å². The molecule has 0 aromatic heterocycles. The van der Waals surface area contributed by atoms with Crippen LogP contribution in [0.4, 0.5) is 4.39 Å². The van der Waals surface area contributed by atoms with Gasteiger partial charge in [-0.3, -0.25) is 9.59 Å².